The van der Waals surface area contributed by atoms with Gasteiger partial charge in [-0.3, -0.25) is 27.6 Å². The normalized spacial score (nSPS) is 30.7. The zero-order chi connectivity index (χ0) is 79.3. The molecular formula is C63H123NO40P5-5. The van der Waals surface area contributed by atoms with E-state index in [1.165, 1.54) is 6.92 Å². The molecule has 10 N–H and O–H groups in total. The standard InChI is InChI=1S/C61H120NO40P5.2CH4/c1-42-33-46(102-103(73,74)83-5)50(98-42)37-96-107(81,82)97-41-61(38-84-21-18-30-93-104(75,76)90-27-15-9-6-12-24-87-58-43(2)52(67)54(69)47(34-63)99-58,39-85-22-19-31-94-105(77,78)91-28-16-10-7-13-25-88-59-44(3)53(68)55(70)48(35-64)100-59)40-86-23-20-32-95-106(79,80)92-29-17-11-8-14-26-89-60-51(62-45(4)66)57(72)56(71)49(36-65)101-60;;/h42-44,46-60,63-65,67-72H,6-41H2,1-5H3,(H,62,66)(H,73,74)(H,75,76)(H,77,78)(H,79,80)(H,81,82);2*1H4/p-5/t42-,43?,44?,46-,47?,48?,49?,50+,51?,52+,53+,54-,55-,56-,57+,58+,59+,60+,61?;;/m0../s1. The molecule has 0 aromatic rings. The van der Waals surface area contributed by atoms with Crippen LogP contribution in [0, 0.1) is 17.3 Å². The van der Waals surface area contributed by atoms with E-state index in [1.807, 2.05) is 0 Å². The molecule has 4 fully saturated rings. The molecule has 11 unspecified atom stereocenters. The highest BCUT2D eigenvalue weighted by molar-refractivity contribution is 7.46. The maximum absolute atomic E-state index is 13.5. The Labute approximate surface area is 638 Å². The molecule has 4 heterocycles. The fraction of sp³-hybridized carbons (Fsp3) is 0.984. The average Bonchev–Trinajstić information content (AvgIpc) is 0.880. The molecule has 0 radical (unpaired) electrons. The molecule has 41 nitrogen and oxygen atoms in total. The maximum atomic E-state index is 13.5. The Morgan fingerprint density at radius 2 is 0.743 bits per heavy atom. The van der Waals surface area contributed by atoms with Crippen molar-refractivity contribution >= 4 is 45.0 Å². The smallest absolute Gasteiger partial charge is 0.267 e. The van der Waals surface area contributed by atoms with Crippen molar-refractivity contribution in [1.82, 2.24) is 5.32 Å². The number of aliphatic hydroxyl groups is 9. The van der Waals surface area contributed by atoms with Gasteiger partial charge < -0.3 is 168 Å². The molecule has 4 saturated heterocycles. The summed E-state index contributed by atoms with van der Waals surface area (Å²) in [6.45, 7) is -0.858. The maximum Gasteiger partial charge on any atom is 0.267 e. The highest BCUT2D eigenvalue weighted by Gasteiger charge is 2.47. The first-order valence-electron chi connectivity index (χ1n) is 36.0. The zero-order valence-electron chi connectivity index (χ0n) is 61.3. The van der Waals surface area contributed by atoms with Crippen LogP contribution in [-0.2, 0) is 120 Å². The number of phosphoric ester groups is 5. The largest absolute Gasteiger partial charge is 0.756 e. The van der Waals surface area contributed by atoms with Gasteiger partial charge in [-0.25, -0.2) is 0 Å². The fourth-order valence-corrected chi connectivity index (χ4v) is 15.1. The fourth-order valence-electron chi connectivity index (χ4n) is 11.3. The second kappa shape index (κ2) is 54.4. The Morgan fingerprint density at radius 1 is 0.413 bits per heavy atom. The lowest BCUT2D eigenvalue weighted by Gasteiger charge is -2.42. The van der Waals surface area contributed by atoms with Crippen molar-refractivity contribution in [3.63, 3.8) is 0 Å². The first kappa shape index (κ1) is 104. The summed E-state index contributed by atoms with van der Waals surface area (Å²) in [5, 5.41) is 92.4. The van der Waals surface area contributed by atoms with E-state index in [0.29, 0.717) is 70.6 Å². The van der Waals surface area contributed by atoms with Gasteiger partial charge in [0.15, 0.2) is 18.9 Å². The van der Waals surface area contributed by atoms with E-state index in [0.717, 1.165) is 7.11 Å². The molecule has 0 bridgehead atoms. The summed E-state index contributed by atoms with van der Waals surface area (Å²) in [5.41, 5.74) is -1.65. The summed E-state index contributed by atoms with van der Waals surface area (Å²) in [6, 6.07) is -1.12. The van der Waals surface area contributed by atoms with Gasteiger partial charge in [0, 0.05) is 71.9 Å². The van der Waals surface area contributed by atoms with Crippen molar-refractivity contribution in [1.29, 1.82) is 0 Å². The Balaban J connectivity index is 0.0000202. The number of nitrogens with one attached hydrogen (secondary N) is 1. The number of hydrogen-bond acceptors (Lipinski definition) is 40. The van der Waals surface area contributed by atoms with Crippen LogP contribution >= 0.6 is 39.1 Å². The van der Waals surface area contributed by atoms with Crippen LogP contribution in [0.3, 0.4) is 0 Å². The van der Waals surface area contributed by atoms with Gasteiger partial charge in [0.1, 0.15) is 54.9 Å². The Hall–Kier alpha value is -0.740. The molecule has 0 saturated carbocycles. The summed E-state index contributed by atoms with van der Waals surface area (Å²) in [5.74, 6) is -1.65. The van der Waals surface area contributed by atoms with Crippen molar-refractivity contribution in [3.05, 3.63) is 0 Å². The molecule has 109 heavy (non-hydrogen) atoms. The number of carbonyl (C=O) groups excluding carboxylic acids is 1. The number of amides is 1. The molecule has 4 aliphatic heterocycles. The monoisotopic (exact) mass is 1690 g/mol. The van der Waals surface area contributed by atoms with Gasteiger partial charge in [0.25, 0.3) is 39.1 Å². The third-order valence-electron chi connectivity index (χ3n) is 17.4. The summed E-state index contributed by atoms with van der Waals surface area (Å²) in [6.07, 6.45) is -11.6. The minimum Gasteiger partial charge on any atom is -0.756 e. The van der Waals surface area contributed by atoms with Gasteiger partial charge in [-0.15, -0.1) is 0 Å². The third kappa shape index (κ3) is 40.5. The van der Waals surface area contributed by atoms with Gasteiger partial charge in [0.05, 0.1) is 122 Å². The highest BCUT2D eigenvalue weighted by Crippen LogP contribution is 2.46. The first-order valence-corrected chi connectivity index (χ1v) is 43.3. The number of phosphoric acid groups is 5. The van der Waals surface area contributed by atoms with Crippen LogP contribution in [0.5, 0.6) is 0 Å². The lowest BCUT2D eigenvalue weighted by Crippen LogP contribution is -2.64. The second-order valence-corrected chi connectivity index (χ2v) is 33.6. The Bertz CT molecular complexity index is 2590. The lowest BCUT2D eigenvalue weighted by atomic mass is 9.92. The van der Waals surface area contributed by atoms with Crippen LogP contribution in [0.15, 0.2) is 0 Å². The number of carbonyl (C=O) groups is 1. The van der Waals surface area contributed by atoms with Crippen LogP contribution in [0.1, 0.15) is 145 Å². The predicted molar refractivity (Wildman–Crippen MR) is 371 cm³/mol. The van der Waals surface area contributed by atoms with Crippen molar-refractivity contribution in [2.45, 2.75) is 243 Å². The number of hydrogen-bond donors (Lipinski definition) is 10. The average molecular weight is 1690 g/mol. The molecule has 23 atom stereocenters. The van der Waals surface area contributed by atoms with E-state index in [4.69, 9.17) is 88.1 Å². The van der Waals surface area contributed by atoms with E-state index in [1.54, 1.807) is 20.8 Å². The Morgan fingerprint density at radius 3 is 1.10 bits per heavy atom. The Kier molecular flexibility index (Phi) is 52.0. The number of ether oxygens (including phenoxy) is 10. The summed E-state index contributed by atoms with van der Waals surface area (Å²) in [7, 11) is -23.9. The number of rotatable bonds is 61. The first-order chi connectivity index (χ1) is 50.6. The minimum absolute atomic E-state index is 0. The summed E-state index contributed by atoms with van der Waals surface area (Å²) in [4.78, 5) is 75.6. The van der Waals surface area contributed by atoms with Crippen LogP contribution in [0.4, 0.5) is 0 Å². The number of unbranched alkanes of at least 4 members (excludes halogenated alkanes) is 9. The SMILES string of the molecule is C.C.COP(=O)([O-])O[C@H]1C[C@H](C)O[C@@H]1COP(=O)([O-])OCC(COCCCOP(=O)([O-])OCCCCCCO[C@@H]1OC(CO)[C@H](O)[C@H](O)C1C)(COCCCOP(=O)([O-])OCCCCCCO[C@@H]1OC(CO)[C@H](O)[C@H](O)C1C)COCCCOP(=O)([O-])OCCCCCCO[C@@H]1OC(CO)[C@H](O)[C@H](O)C1NC(C)=O. The molecule has 46 heteroatoms. The van der Waals surface area contributed by atoms with Crippen molar-refractivity contribution < 1.29 is 191 Å². The lowest BCUT2D eigenvalue weighted by molar-refractivity contribution is -0.282. The summed E-state index contributed by atoms with van der Waals surface area (Å²) >= 11 is 0. The molecule has 4 aliphatic rings. The van der Waals surface area contributed by atoms with Crippen LogP contribution in [0.25, 0.3) is 0 Å². The van der Waals surface area contributed by atoms with Crippen LogP contribution < -0.4 is 29.8 Å². The van der Waals surface area contributed by atoms with E-state index < -0.39 is 233 Å². The van der Waals surface area contributed by atoms with Gasteiger partial charge >= 0.3 is 0 Å². The predicted octanol–water partition coefficient (Wildman–Crippen LogP) is -0.0262. The van der Waals surface area contributed by atoms with Crippen LogP contribution in [0.2, 0.25) is 0 Å². The van der Waals surface area contributed by atoms with E-state index in [2.05, 4.69) is 9.84 Å². The zero-order valence-corrected chi connectivity index (χ0v) is 65.7. The van der Waals surface area contributed by atoms with Crippen LogP contribution in [-0.4, -0.2) is 289 Å². The van der Waals surface area contributed by atoms with E-state index >= 15 is 0 Å². The quantitative estimate of drug-likeness (QED) is 0.0282. The molecule has 650 valence electrons. The molecule has 0 aromatic carbocycles. The molecular weight excluding hydrogens is 1570 g/mol. The van der Waals surface area contributed by atoms with Crippen molar-refractivity contribution in [2.75, 3.05) is 139 Å². The van der Waals surface area contributed by atoms with Gasteiger partial charge in [-0.2, -0.15) is 0 Å². The van der Waals surface area contributed by atoms with Crippen molar-refractivity contribution in [2.24, 2.45) is 17.3 Å². The highest BCUT2D eigenvalue weighted by atomic mass is 31.2. The number of aliphatic hydroxyl groups excluding tert-OH is 9. The third-order valence-corrected chi connectivity index (χ3v) is 22.3. The van der Waals surface area contributed by atoms with Crippen molar-refractivity contribution in [3.8, 4) is 0 Å². The summed E-state index contributed by atoms with van der Waals surface area (Å²) < 4.78 is 171. The minimum atomic E-state index is -5.39. The van der Waals surface area contributed by atoms with Gasteiger partial charge in [-0.05, 0) is 64.7 Å². The second-order valence-electron chi connectivity index (χ2n) is 26.5. The molecule has 4 rings (SSSR count). The van der Waals surface area contributed by atoms with E-state index in [-0.39, 0.29) is 106 Å². The van der Waals surface area contributed by atoms with E-state index in [9.17, 15) is 98.0 Å². The molecule has 1 amide bonds. The molecule has 0 spiro atoms. The topological polar surface area (TPSA) is 596 Å². The molecule has 0 aliphatic carbocycles. The van der Waals surface area contributed by atoms with Gasteiger partial charge in [-0.1, -0.05) is 67.2 Å². The van der Waals surface area contributed by atoms with Gasteiger partial charge in [0.2, 0.25) is 5.91 Å². The molecule has 0 aromatic heterocycles.